The van der Waals surface area contributed by atoms with Crippen molar-refractivity contribution in [2.24, 2.45) is 0 Å². The third kappa shape index (κ3) is 3.88. The summed E-state index contributed by atoms with van der Waals surface area (Å²) in [7, 11) is 1.54. The van der Waals surface area contributed by atoms with Crippen LogP contribution in [0.15, 0.2) is 71.1 Å². The molecular formula is C22H16ClNO5. The molecule has 7 heteroatoms. The SMILES string of the molecule is COc1ccc(OC(C(=O)O)c2cccc(Cl)c2)c(-c2nc3ccccc3o2)c1. The van der Waals surface area contributed by atoms with E-state index in [-0.39, 0.29) is 0 Å². The number of halogens is 1. The Kier molecular flexibility index (Phi) is 5.10. The Morgan fingerprint density at radius 2 is 1.93 bits per heavy atom. The van der Waals surface area contributed by atoms with Crippen molar-refractivity contribution in [1.29, 1.82) is 0 Å². The number of fused-ring (bicyclic) bond motifs is 1. The molecule has 0 aliphatic rings. The number of nitrogens with zero attached hydrogens (tertiary/aromatic N) is 1. The Hall–Kier alpha value is -3.51. The molecule has 0 fully saturated rings. The van der Waals surface area contributed by atoms with E-state index in [1.807, 2.05) is 18.2 Å². The third-order valence-corrected chi connectivity index (χ3v) is 4.57. The highest BCUT2D eigenvalue weighted by Gasteiger charge is 2.25. The van der Waals surface area contributed by atoms with Crippen LogP contribution in [0.1, 0.15) is 11.7 Å². The van der Waals surface area contributed by atoms with Crippen LogP contribution in [0.4, 0.5) is 0 Å². The van der Waals surface area contributed by atoms with Gasteiger partial charge in [0.25, 0.3) is 0 Å². The number of aromatic nitrogens is 1. The number of para-hydroxylation sites is 2. The highest BCUT2D eigenvalue weighted by Crippen LogP contribution is 2.37. The van der Waals surface area contributed by atoms with Gasteiger partial charge in [0.15, 0.2) is 5.58 Å². The van der Waals surface area contributed by atoms with Crippen LogP contribution in [0.5, 0.6) is 11.5 Å². The van der Waals surface area contributed by atoms with Crippen LogP contribution >= 0.6 is 11.6 Å². The predicted octanol–water partition coefficient (Wildman–Crippen LogP) is 5.36. The molecule has 1 N–H and O–H groups in total. The van der Waals surface area contributed by atoms with Crippen molar-refractivity contribution < 1.29 is 23.8 Å². The summed E-state index contributed by atoms with van der Waals surface area (Å²) in [6, 6.07) is 18.9. The summed E-state index contributed by atoms with van der Waals surface area (Å²) in [5.74, 6) is 0.0101. The molecule has 146 valence electrons. The Balaban J connectivity index is 1.79. The first-order valence-corrected chi connectivity index (χ1v) is 9.12. The van der Waals surface area contributed by atoms with Crippen molar-refractivity contribution in [2.45, 2.75) is 6.10 Å². The number of aliphatic carboxylic acids is 1. The largest absolute Gasteiger partial charge is 0.497 e. The van der Waals surface area contributed by atoms with E-state index in [2.05, 4.69) is 4.98 Å². The van der Waals surface area contributed by atoms with Crippen molar-refractivity contribution in [3.63, 3.8) is 0 Å². The summed E-state index contributed by atoms with van der Waals surface area (Å²) in [6.07, 6.45) is -1.26. The molecule has 1 unspecified atom stereocenters. The van der Waals surface area contributed by atoms with Crippen LogP contribution in [0.2, 0.25) is 5.02 Å². The number of oxazole rings is 1. The second-order valence-electron chi connectivity index (χ2n) is 6.24. The molecule has 1 heterocycles. The zero-order valence-electron chi connectivity index (χ0n) is 15.3. The normalized spacial score (nSPS) is 11.9. The molecule has 4 aromatic rings. The van der Waals surface area contributed by atoms with Gasteiger partial charge in [-0.05, 0) is 42.5 Å². The van der Waals surface area contributed by atoms with E-state index >= 15 is 0 Å². The van der Waals surface area contributed by atoms with Crippen LogP contribution in [-0.2, 0) is 4.79 Å². The lowest BCUT2D eigenvalue weighted by Gasteiger charge is -2.18. The molecule has 1 aromatic heterocycles. The monoisotopic (exact) mass is 409 g/mol. The molecule has 4 rings (SSSR count). The highest BCUT2D eigenvalue weighted by atomic mass is 35.5. The number of methoxy groups -OCH3 is 1. The summed E-state index contributed by atoms with van der Waals surface area (Å²) in [4.78, 5) is 16.4. The average molecular weight is 410 g/mol. The van der Waals surface area contributed by atoms with E-state index in [4.69, 9.17) is 25.5 Å². The summed E-state index contributed by atoms with van der Waals surface area (Å²) in [5, 5.41) is 10.1. The molecule has 0 saturated carbocycles. The Morgan fingerprint density at radius 3 is 2.66 bits per heavy atom. The van der Waals surface area contributed by atoms with Gasteiger partial charge < -0.3 is 19.0 Å². The number of carboxylic acid groups (broad SMARTS) is 1. The average Bonchev–Trinajstić information content (AvgIpc) is 3.16. The predicted molar refractivity (Wildman–Crippen MR) is 108 cm³/mol. The molecule has 6 nitrogen and oxygen atoms in total. The Labute approximate surface area is 171 Å². The highest BCUT2D eigenvalue weighted by molar-refractivity contribution is 6.30. The Bertz CT molecular complexity index is 1150. The number of benzene rings is 3. The number of ether oxygens (including phenoxy) is 2. The molecule has 1 atom stereocenters. The molecule has 3 aromatic carbocycles. The number of hydrogen-bond donors (Lipinski definition) is 1. The third-order valence-electron chi connectivity index (χ3n) is 4.33. The van der Waals surface area contributed by atoms with Gasteiger partial charge in [0, 0.05) is 10.6 Å². The van der Waals surface area contributed by atoms with Gasteiger partial charge in [0.2, 0.25) is 12.0 Å². The zero-order chi connectivity index (χ0) is 20.4. The van der Waals surface area contributed by atoms with E-state index in [9.17, 15) is 9.90 Å². The molecular weight excluding hydrogens is 394 g/mol. The van der Waals surface area contributed by atoms with Crippen molar-refractivity contribution >= 4 is 28.7 Å². The van der Waals surface area contributed by atoms with E-state index in [1.165, 1.54) is 7.11 Å². The summed E-state index contributed by atoms with van der Waals surface area (Å²) < 4.78 is 17.0. The fourth-order valence-electron chi connectivity index (χ4n) is 2.95. The maximum absolute atomic E-state index is 11.9. The van der Waals surface area contributed by atoms with E-state index in [1.54, 1.807) is 48.5 Å². The van der Waals surface area contributed by atoms with E-state index in [0.717, 1.165) is 0 Å². The van der Waals surface area contributed by atoms with Crippen molar-refractivity contribution in [3.05, 3.63) is 77.3 Å². The minimum absolute atomic E-state index is 0.296. The number of hydrogen-bond acceptors (Lipinski definition) is 5. The van der Waals surface area contributed by atoms with Gasteiger partial charge in [-0.1, -0.05) is 35.9 Å². The Morgan fingerprint density at radius 1 is 1.10 bits per heavy atom. The van der Waals surface area contributed by atoms with E-state index < -0.39 is 12.1 Å². The standard InChI is InChI=1S/C22H16ClNO5/c1-27-15-9-10-18(28-20(22(25)26)13-5-4-6-14(23)11-13)16(12-15)21-24-17-7-2-3-8-19(17)29-21/h2-12,20H,1H3,(H,25,26). The van der Waals surface area contributed by atoms with Gasteiger partial charge >= 0.3 is 5.97 Å². The van der Waals surface area contributed by atoms with Gasteiger partial charge in [-0.25, -0.2) is 9.78 Å². The minimum Gasteiger partial charge on any atom is -0.497 e. The van der Waals surface area contributed by atoms with Gasteiger partial charge in [0.1, 0.15) is 17.0 Å². The van der Waals surface area contributed by atoms with Gasteiger partial charge in [-0.15, -0.1) is 0 Å². The number of carboxylic acids is 1. The summed E-state index contributed by atoms with van der Waals surface area (Å²) in [6.45, 7) is 0. The van der Waals surface area contributed by atoms with Crippen molar-refractivity contribution in [1.82, 2.24) is 4.98 Å². The number of carbonyl (C=O) groups is 1. The van der Waals surface area contributed by atoms with E-state index in [0.29, 0.717) is 44.6 Å². The summed E-state index contributed by atoms with van der Waals surface area (Å²) >= 11 is 6.02. The fraction of sp³-hybridized carbons (Fsp3) is 0.0909. The smallest absolute Gasteiger partial charge is 0.349 e. The van der Waals surface area contributed by atoms with Gasteiger partial charge in [0.05, 0.1) is 12.7 Å². The van der Waals surface area contributed by atoms with Crippen LogP contribution in [0.3, 0.4) is 0 Å². The molecule has 0 spiro atoms. The maximum Gasteiger partial charge on any atom is 0.349 e. The van der Waals surface area contributed by atoms with Crippen LogP contribution < -0.4 is 9.47 Å². The van der Waals surface area contributed by atoms with Crippen LogP contribution in [-0.4, -0.2) is 23.2 Å². The second-order valence-corrected chi connectivity index (χ2v) is 6.68. The molecule has 0 aliphatic carbocycles. The van der Waals surface area contributed by atoms with Crippen molar-refractivity contribution in [3.8, 4) is 23.0 Å². The lowest BCUT2D eigenvalue weighted by molar-refractivity contribution is -0.145. The second kappa shape index (κ2) is 7.85. The molecule has 0 bridgehead atoms. The number of rotatable bonds is 6. The van der Waals surface area contributed by atoms with Crippen LogP contribution in [0.25, 0.3) is 22.6 Å². The molecule has 0 aliphatic heterocycles. The van der Waals surface area contributed by atoms with Crippen LogP contribution in [0, 0.1) is 0 Å². The molecule has 0 saturated heterocycles. The molecule has 29 heavy (non-hydrogen) atoms. The quantitative estimate of drug-likeness (QED) is 0.461. The zero-order valence-corrected chi connectivity index (χ0v) is 16.1. The topological polar surface area (TPSA) is 81.8 Å². The van der Waals surface area contributed by atoms with Gasteiger partial charge in [-0.2, -0.15) is 0 Å². The first-order chi connectivity index (χ1) is 14.0. The molecule has 0 radical (unpaired) electrons. The lowest BCUT2D eigenvalue weighted by Crippen LogP contribution is -2.18. The van der Waals surface area contributed by atoms with Gasteiger partial charge in [-0.3, -0.25) is 0 Å². The minimum atomic E-state index is -1.26. The van der Waals surface area contributed by atoms with Crippen molar-refractivity contribution in [2.75, 3.05) is 7.11 Å². The lowest BCUT2D eigenvalue weighted by atomic mass is 10.1. The fourth-order valence-corrected chi connectivity index (χ4v) is 3.15. The summed E-state index contributed by atoms with van der Waals surface area (Å²) in [5.41, 5.74) is 2.19. The maximum atomic E-state index is 11.9. The first kappa shape index (κ1) is 18.8. The molecule has 0 amide bonds. The first-order valence-electron chi connectivity index (χ1n) is 8.74.